The molecule has 1 N–H and O–H groups in total. The number of aromatic nitrogens is 2. The van der Waals surface area contributed by atoms with Gasteiger partial charge in [0.2, 0.25) is 0 Å². The first kappa shape index (κ1) is 13.8. The van der Waals surface area contributed by atoms with Crippen LogP contribution in [0.15, 0.2) is 42.5 Å². The normalized spacial score (nSPS) is 11.4. The molecule has 0 aliphatic carbocycles. The predicted molar refractivity (Wildman–Crippen MR) is 95.3 cm³/mol. The van der Waals surface area contributed by atoms with Crippen molar-refractivity contribution < 1.29 is 0 Å². The maximum Gasteiger partial charge on any atom is 0.182 e. The molecule has 0 radical (unpaired) electrons. The Morgan fingerprint density at radius 3 is 2.45 bits per heavy atom. The first-order valence-electron chi connectivity index (χ1n) is 6.57. The van der Waals surface area contributed by atoms with Gasteiger partial charge < -0.3 is 4.98 Å². The van der Waals surface area contributed by atoms with E-state index < -0.39 is 0 Å². The van der Waals surface area contributed by atoms with Gasteiger partial charge in [-0.3, -0.25) is 4.57 Å². The standard InChI is InChI=1S/C16H15IN2S/c1-10(2)11-3-6-13(7-4-11)19-15-8-5-12(17)9-14(15)18-16(19)20/h3-10H,1-2H3,(H,18,20). The molecule has 102 valence electrons. The maximum absolute atomic E-state index is 5.47. The van der Waals surface area contributed by atoms with E-state index in [1.807, 2.05) is 0 Å². The van der Waals surface area contributed by atoms with Crippen LogP contribution < -0.4 is 0 Å². The molecule has 0 bridgehead atoms. The van der Waals surface area contributed by atoms with Gasteiger partial charge >= 0.3 is 0 Å². The minimum atomic E-state index is 0.543. The molecule has 1 aromatic heterocycles. The van der Waals surface area contributed by atoms with Crippen LogP contribution >= 0.6 is 34.8 Å². The molecule has 3 aromatic rings. The molecule has 0 fully saturated rings. The Balaban J connectivity index is 2.19. The molecule has 4 heteroatoms. The lowest BCUT2D eigenvalue weighted by atomic mass is 10.0. The van der Waals surface area contributed by atoms with Gasteiger partial charge in [0, 0.05) is 9.26 Å². The van der Waals surface area contributed by atoms with Gasteiger partial charge in [-0.2, -0.15) is 0 Å². The second-order valence-electron chi connectivity index (χ2n) is 5.17. The smallest absolute Gasteiger partial charge is 0.182 e. The molecule has 1 heterocycles. The number of hydrogen-bond acceptors (Lipinski definition) is 1. The first-order chi connectivity index (χ1) is 9.56. The van der Waals surface area contributed by atoms with Gasteiger partial charge in [0.1, 0.15) is 0 Å². The summed E-state index contributed by atoms with van der Waals surface area (Å²) in [4.78, 5) is 3.28. The number of benzene rings is 2. The Morgan fingerprint density at radius 2 is 1.80 bits per heavy atom. The summed E-state index contributed by atoms with van der Waals surface area (Å²) >= 11 is 7.78. The van der Waals surface area contributed by atoms with Crippen LogP contribution in [0.4, 0.5) is 0 Å². The zero-order valence-corrected chi connectivity index (χ0v) is 14.3. The highest BCUT2D eigenvalue weighted by molar-refractivity contribution is 14.1. The molecule has 0 saturated carbocycles. The highest BCUT2D eigenvalue weighted by Crippen LogP contribution is 2.23. The van der Waals surface area contributed by atoms with E-state index >= 15 is 0 Å². The van der Waals surface area contributed by atoms with Gasteiger partial charge in [0.25, 0.3) is 0 Å². The van der Waals surface area contributed by atoms with Crippen LogP contribution in [0.3, 0.4) is 0 Å². The minimum Gasteiger partial charge on any atom is -0.330 e. The lowest BCUT2D eigenvalue weighted by Crippen LogP contribution is -1.95. The molecule has 0 aliphatic rings. The second kappa shape index (κ2) is 5.33. The average Bonchev–Trinajstić information content (AvgIpc) is 2.73. The molecule has 0 aliphatic heterocycles. The Hall–Kier alpha value is -1.14. The van der Waals surface area contributed by atoms with E-state index in [0.29, 0.717) is 5.92 Å². The predicted octanol–water partition coefficient (Wildman–Crippen LogP) is 5.42. The largest absolute Gasteiger partial charge is 0.330 e. The van der Waals surface area contributed by atoms with Crippen molar-refractivity contribution in [1.82, 2.24) is 9.55 Å². The molecule has 0 amide bonds. The van der Waals surface area contributed by atoms with Crippen molar-refractivity contribution in [3.63, 3.8) is 0 Å². The Bertz CT molecular complexity index is 813. The topological polar surface area (TPSA) is 20.7 Å². The monoisotopic (exact) mass is 394 g/mol. The first-order valence-corrected chi connectivity index (χ1v) is 8.05. The zero-order chi connectivity index (χ0) is 14.3. The fraction of sp³-hybridized carbons (Fsp3) is 0.188. The summed E-state index contributed by atoms with van der Waals surface area (Å²) in [5.74, 6) is 0.543. The van der Waals surface area contributed by atoms with Crippen molar-refractivity contribution >= 4 is 45.8 Å². The summed E-state index contributed by atoms with van der Waals surface area (Å²) in [6.45, 7) is 4.41. The molecule has 0 spiro atoms. The van der Waals surface area contributed by atoms with Crippen LogP contribution in [-0.2, 0) is 0 Å². The number of H-pyrrole nitrogens is 1. The highest BCUT2D eigenvalue weighted by Gasteiger charge is 2.07. The molecule has 20 heavy (non-hydrogen) atoms. The zero-order valence-electron chi connectivity index (χ0n) is 11.4. The van der Waals surface area contributed by atoms with Crippen molar-refractivity contribution in [3.05, 3.63) is 56.4 Å². The van der Waals surface area contributed by atoms with E-state index in [1.165, 1.54) is 9.13 Å². The van der Waals surface area contributed by atoms with E-state index in [-0.39, 0.29) is 0 Å². The second-order valence-corrected chi connectivity index (χ2v) is 6.81. The molecule has 2 aromatic carbocycles. The van der Waals surface area contributed by atoms with Crippen LogP contribution in [0.5, 0.6) is 0 Å². The fourth-order valence-corrected chi connectivity index (χ4v) is 3.15. The Kier molecular flexibility index (Phi) is 3.69. The molecule has 0 unspecified atom stereocenters. The summed E-state index contributed by atoms with van der Waals surface area (Å²) in [6, 6.07) is 14.9. The molecule has 2 nitrogen and oxygen atoms in total. The lowest BCUT2D eigenvalue weighted by molar-refractivity contribution is 0.865. The SMILES string of the molecule is CC(C)c1ccc(-n2c(=S)[nH]c3cc(I)ccc32)cc1. The maximum atomic E-state index is 5.47. The summed E-state index contributed by atoms with van der Waals surface area (Å²) in [5.41, 5.74) is 4.64. The van der Waals surface area contributed by atoms with Crippen molar-refractivity contribution in [3.8, 4) is 5.69 Å². The van der Waals surface area contributed by atoms with E-state index in [2.05, 4.69) is 88.5 Å². The van der Waals surface area contributed by atoms with Gasteiger partial charge in [-0.05, 0) is 76.6 Å². The van der Waals surface area contributed by atoms with Crippen LogP contribution in [0.2, 0.25) is 0 Å². The number of halogens is 1. The van der Waals surface area contributed by atoms with Gasteiger partial charge in [-0.25, -0.2) is 0 Å². The molecule has 0 atom stereocenters. The molecule has 0 saturated heterocycles. The summed E-state index contributed by atoms with van der Waals surface area (Å²) < 4.78 is 4.03. The summed E-state index contributed by atoms with van der Waals surface area (Å²) in [6.07, 6.45) is 0. The van der Waals surface area contributed by atoms with E-state index in [0.717, 1.165) is 21.5 Å². The van der Waals surface area contributed by atoms with Gasteiger partial charge in [-0.15, -0.1) is 0 Å². The van der Waals surface area contributed by atoms with Crippen molar-refractivity contribution in [2.24, 2.45) is 0 Å². The molecule has 3 rings (SSSR count). The fourth-order valence-electron chi connectivity index (χ4n) is 2.35. The molecular weight excluding hydrogens is 379 g/mol. The number of nitrogens with one attached hydrogen (secondary N) is 1. The van der Waals surface area contributed by atoms with Crippen LogP contribution in [0.1, 0.15) is 25.3 Å². The van der Waals surface area contributed by atoms with Gasteiger partial charge in [0.15, 0.2) is 4.77 Å². The van der Waals surface area contributed by atoms with E-state index in [1.54, 1.807) is 0 Å². The Morgan fingerprint density at radius 1 is 1.10 bits per heavy atom. The third-order valence-electron chi connectivity index (χ3n) is 3.46. The quantitative estimate of drug-likeness (QED) is 0.455. The van der Waals surface area contributed by atoms with Crippen LogP contribution in [-0.4, -0.2) is 9.55 Å². The van der Waals surface area contributed by atoms with Crippen molar-refractivity contribution in [2.75, 3.05) is 0 Å². The van der Waals surface area contributed by atoms with Crippen LogP contribution in [0.25, 0.3) is 16.7 Å². The summed E-state index contributed by atoms with van der Waals surface area (Å²) in [5, 5.41) is 0. The number of imidazole rings is 1. The van der Waals surface area contributed by atoms with Crippen LogP contribution in [0, 0.1) is 8.34 Å². The Labute approximate surface area is 137 Å². The highest BCUT2D eigenvalue weighted by atomic mass is 127. The minimum absolute atomic E-state index is 0.543. The van der Waals surface area contributed by atoms with Crippen molar-refractivity contribution in [2.45, 2.75) is 19.8 Å². The van der Waals surface area contributed by atoms with Crippen molar-refractivity contribution in [1.29, 1.82) is 0 Å². The number of rotatable bonds is 2. The van der Waals surface area contributed by atoms with Gasteiger partial charge in [0.05, 0.1) is 11.0 Å². The third-order valence-corrected chi connectivity index (χ3v) is 4.42. The summed E-state index contributed by atoms with van der Waals surface area (Å²) in [7, 11) is 0. The average molecular weight is 394 g/mol. The van der Waals surface area contributed by atoms with E-state index in [4.69, 9.17) is 12.2 Å². The number of aromatic amines is 1. The number of nitrogens with zero attached hydrogens (tertiary/aromatic N) is 1. The number of fused-ring (bicyclic) bond motifs is 1. The van der Waals surface area contributed by atoms with Gasteiger partial charge in [-0.1, -0.05) is 26.0 Å². The van der Waals surface area contributed by atoms with E-state index in [9.17, 15) is 0 Å². The number of hydrogen-bond donors (Lipinski definition) is 1. The molecular formula is C16H15IN2S. The lowest BCUT2D eigenvalue weighted by Gasteiger charge is -2.08. The third kappa shape index (κ3) is 2.42.